The van der Waals surface area contributed by atoms with Crippen molar-refractivity contribution in [1.82, 2.24) is 0 Å². The largest absolute Gasteiger partial charge is 0.493 e. The second-order valence-corrected chi connectivity index (χ2v) is 13.7. The Bertz CT molecular complexity index is 1260. The van der Waals surface area contributed by atoms with Crippen LogP contribution in [0.2, 0.25) is 0 Å². The van der Waals surface area contributed by atoms with Gasteiger partial charge in [-0.15, -0.1) is 11.1 Å². The Morgan fingerprint density at radius 2 is 0.610 bits per heavy atom. The highest BCUT2D eigenvalue weighted by Gasteiger charge is 2.51. The first-order valence-electron chi connectivity index (χ1n) is 12.7. The second kappa shape index (κ2) is 12.9. The van der Waals surface area contributed by atoms with E-state index in [0.717, 1.165) is 16.7 Å². The molecule has 0 aliphatic heterocycles. The van der Waals surface area contributed by atoms with E-state index in [1.165, 1.54) is 0 Å². The van der Waals surface area contributed by atoms with Crippen molar-refractivity contribution in [1.29, 1.82) is 0 Å². The SMILES string of the molecule is COc1cc(C)c([Si](Cl)(c2c(C)cc(OC)c(OC)c2OC)c2c(C)cc(OC)c(OC)c2OC)c(OC)c1OC. The summed E-state index contributed by atoms with van der Waals surface area (Å²) in [7, 11) is 10.3. The lowest BCUT2D eigenvalue weighted by Gasteiger charge is -2.35. The number of aryl methyl sites for hydroxylation is 3. The lowest BCUT2D eigenvalue weighted by Crippen LogP contribution is -2.66. The molecule has 0 N–H and O–H groups in total. The van der Waals surface area contributed by atoms with Crippen LogP contribution in [-0.4, -0.2) is 71.4 Å². The maximum atomic E-state index is 8.27. The van der Waals surface area contributed by atoms with Gasteiger partial charge in [0.25, 0.3) is 7.38 Å². The van der Waals surface area contributed by atoms with E-state index in [-0.39, 0.29) is 0 Å². The summed E-state index contributed by atoms with van der Waals surface area (Å²) in [4.78, 5) is 0. The Hall–Kier alpha value is -3.63. The fourth-order valence-electron chi connectivity index (χ4n) is 5.50. The minimum atomic E-state index is -3.77. The monoisotopic (exact) mass is 606 g/mol. The molecule has 3 aromatic rings. The standard InChI is InChI=1S/C30H39ClO9Si/c1-16-13-19(32-4)22(35-7)25(38-10)28(16)41(31,29-17(2)14-20(33-5)23(36-8)26(29)39-11)30-18(3)15-21(34-6)24(37-9)27(30)40-12/h13-15H,1-12H3. The van der Waals surface area contributed by atoms with Gasteiger partial charge < -0.3 is 42.6 Å². The molecule has 9 nitrogen and oxygen atoms in total. The van der Waals surface area contributed by atoms with Crippen LogP contribution < -0.4 is 58.2 Å². The lowest BCUT2D eigenvalue weighted by molar-refractivity contribution is 0.324. The molecule has 11 heteroatoms. The summed E-state index contributed by atoms with van der Waals surface area (Å²) >= 11 is 8.27. The smallest absolute Gasteiger partial charge is 0.260 e. The Balaban J connectivity index is 2.79. The first-order chi connectivity index (χ1) is 19.6. The second-order valence-electron chi connectivity index (χ2n) is 9.17. The highest BCUT2D eigenvalue weighted by Crippen LogP contribution is 2.45. The van der Waals surface area contributed by atoms with Crippen LogP contribution in [0.25, 0.3) is 0 Å². The van der Waals surface area contributed by atoms with Gasteiger partial charge in [-0.2, -0.15) is 0 Å². The van der Waals surface area contributed by atoms with Crippen LogP contribution >= 0.6 is 11.1 Å². The van der Waals surface area contributed by atoms with Gasteiger partial charge in [0.1, 0.15) is 0 Å². The number of hydrogen-bond acceptors (Lipinski definition) is 9. The molecule has 41 heavy (non-hydrogen) atoms. The first-order valence-corrected chi connectivity index (χ1v) is 15.7. The molecule has 0 heterocycles. The van der Waals surface area contributed by atoms with E-state index in [2.05, 4.69) is 0 Å². The van der Waals surface area contributed by atoms with E-state index >= 15 is 0 Å². The minimum Gasteiger partial charge on any atom is -0.493 e. The molecule has 0 fully saturated rings. The number of ether oxygens (including phenoxy) is 9. The minimum absolute atomic E-state index is 0.405. The molecule has 0 spiro atoms. The molecule has 0 radical (unpaired) electrons. The van der Waals surface area contributed by atoms with Gasteiger partial charge >= 0.3 is 0 Å². The average molecular weight is 607 g/mol. The summed E-state index contributed by atoms with van der Waals surface area (Å²) in [6.45, 7) is 5.86. The van der Waals surface area contributed by atoms with Crippen LogP contribution in [0.15, 0.2) is 18.2 Å². The van der Waals surface area contributed by atoms with Crippen LogP contribution in [0.3, 0.4) is 0 Å². The highest BCUT2D eigenvalue weighted by molar-refractivity contribution is 7.41. The lowest BCUT2D eigenvalue weighted by atomic mass is 10.2. The molecule has 3 rings (SSSR count). The number of benzene rings is 3. The van der Waals surface area contributed by atoms with Crippen LogP contribution in [0.5, 0.6) is 51.7 Å². The van der Waals surface area contributed by atoms with Gasteiger partial charge in [0, 0.05) is 15.6 Å². The number of hydrogen-bond donors (Lipinski definition) is 0. The molecule has 0 saturated carbocycles. The van der Waals surface area contributed by atoms with Gasteiger partial charge in [-0.25, -0.2) is 0 Å². The normalized spacial score (nSPS) is 11.0. The molecule has 0 aliphatic rings. The number of halogens is 1. The van der Waals surface area contributed by atoms with Gasteiger partial charge in [-0.05, 0) is 55.7 Å². The molecular weight excluding hydrogens is 568 g/mol. The van der Waals surface area contributed by atoms with E-state index in [1.54, 1.807) is 64.0 Å². The van der Waals surface area contributed by atoms with E-state index in [9.17, 15) is 0 Å². The zero-order chi connectivity index (χ0) is 30.6. The predicted molar refractivity (Wildman–Crippen MR) is 163 cm³/mol. The zero-order valence-electron chi connectivity index (χ0n) is 25.8. The molecule has 0 aliphatic carbocycles. The van der Waals surface area contributed by atoms with Gasteiger partial charge in [0.15, 0.2) is 34.5 Å². The zero-order valence-corrected chi connectivity index (χ0v) is 27.5. The molecule has 0 atom stereocenters. The number of methoxy groups -OCH3 is 9. The van der Waals surface area contributed by atoms with E-state index in [0.29, 0.717) is 67.3 Å². The van der Waals surface area contributed by atoms with Gasteiger partial charge in [0.2, 0.25) is 17.2 Å². The maximum absolute atomic E-state index is 8.27. The van der Waals surface area contributed by atoms with Gasteiger partial charge in [-0.3, -0.25) is 0 Å². The molecule has 0 unspecified atom stereocenters. The van der Waals surface area contributed by atoms with Crippen molar-refractivity contribution in [3.63, 3.8) is 0 Å². The molecule has 3 aromatic carbocycles. The Morgan fingerprint density at radius 1 is 0.390 bits per heavy atom. The van der Waals surface area contributed by atoms with Crippen molar-refractivity contribution in [3.8, 4) is 51.7 Å². The molecular formula is C30H39ClO9Si. The highest BCUT2D eigenvalue weighted by atomic mass is 35.6. The van der Waals surface area contributed by atoms with Crippen LogP contribution in [0.1, 0.15) is 16.7 Å². The summed E-state index contributed by atoms with van der Waals surface area (Å²) in [6, 6.07) is 5.64. The third-order valence-corrected chi connectivity index (χ3v) is 12.7. The van der Waals surface area contributed by atoms with Crippen molar-refractivity contribution in [3.05, 3.63) is 34.9 Å². The summed E-state index contributed by atoms with van der Waals surface area (Å²) in [5, 5.41) is 2.13. The molecule has 0 bridgehead atoms. The van der Waals surface area contributed by atoms with Crippen molar-refractivity contribution < 1.29 is 42.6 Å². The molecule has 224 valence electrons. The van der Waals surface area contributed by atoms with E-state index in [4.69, 9.17) is 53.7 Å². The van der Waals surface area contributed by atoms with Crippen molar-refractivity contribution in [2.24, 2.45) is 0 Å². The molecule has 0 amide bonds. The van der Waals surface area contributed by atoms with Crippen molar-refractivity contribution >= 4 is 34.0 Å². The molecule has 0 saturated heterocycles. The quantitative estimate of drug-likeness (QED) is 0.173. The van der Waals surface area contributed by atoms with E-state index in [1.807, 2.05) is 39.0 Å². The average Bonchev–Trinajstić information content (AvgIpc) is 2.98. The summed E-state index contributed by atoms with van der Waals surface area (Å²) in [5.41, 5.74) is 2.44. The third kappa shape index (κ3) is 5.03. The van der Waals surface area contributed by atoms with E-state index < -0.39 is 7.38 Å². The fraction of sp³-hybridized carbons (Fsp3) is 0.400. The summed E-state index contributed by atoms with van der Waals surface area (Å²) in [6.07, 6.45) is 0. The maximum Gasteiger partial charge on any atom is 0.260 e. The fourth-order valence-corrected chi connectivity index (χ4v) is 11.8. The van der Waals surface area contributed by atoms with Crippen LogP contribution in [-0.2, 0) is 0 Å². The Labute approximate surface area is 247 Å². The molecule has 0 aromatic heterocycles. The predicted octanol–water partition coefficient (Wildman–Crippen LogP) is 3.89. The number of rotatable bonds is 12. The van der Waals surface area contributed by atoms with Gasteiger partial charge in [-0.1, -0.05) is 0 Å². The van der Waals surface area contributed by atoms with Crippen molar-refractivity contribution in [2.45, 2.75) is 20.8 Å². The van der Waals surface area contributed by atoms with Gasteiger partial charge in [0.05, 0.1) is 64.0 Å². The van der Waals surface area contributed by atoms with Crippen LogP contribution in [0.4, 0.5) is 0 Å². The Morgan fingerprint density at radius 3 is 0.780 bits per heavy atom. The van der Waals surface area contributed by atoms with Crippen LogP contribution in [0, 0.1) is 20.8 Å². The first kappa shape index (κ1) is 31.9. The summed E-state index contributed by atoms with van der Waals surface area (Å²) in [5.74, 6) is 4.02. The third-order valence-electron chi connectivity index (χ3n) is 7.12. The topological polar surface area (TPSA) is 83.1 Å². The Kier molecular flexibility index (Phi) is 10.0. The van der Waals surface area contributed by atoms with Crippen molar-refractivity contribution in [2.75, 3.05) is 64.0 Å². The summed E-state index contributed by atoms with van der Waals surface area (Å²) < 4.78 is 52.6.